The lowest BCUT2D eigenvalue weighted by molar-refractivity contribution is 0.421. The summed E-state index contributed by atoms with van der Waals surface area (Å²) in [6, 6.07) is 8.48. The molecule has 1 aliphatic rings. The predicted octanol–water partition coefficient (Wildman–Crippen LogP) is 2.97. The van der Waals surface area contributed by atoms with E-state index < -0.39 is 17.0 Å². The Bertz CT molecular complexity index is 768. The van der Waals surface area contributed by atoms with Crippen molar-refractivity contribution in [2.75, 3.05) is 13.6 Å². The van der Waals surface area contributed by atoms with Gasteiger partial charge >= 0.3 is 0 Å². The van der Waals surface area contributed by atoms with Crippen molar-refractivity contribution in [1.82, 2.24) is 9.03 Å². The number of hydrogen-bond acceptors (Lipinski definition) is 3. The molecule has 0 aliphatic carbocycles. The Labute approximate surface area is 134 Å². The van der Waals surface area contributed by atoms with Gasteiger partial charge in [-0.1, -0.05) is 6.07 Å². The van der Waals surface area contributed by atoms with Crippen LogP contribution in [0.15, 0.2) is 29.6 Å². The van der Waals surface area contributed by atoms with E-state index in [1.165, 1.54) is 12.1 Å². The van der Waals surface area contributed by atoms with Crippen molar-refractivity contribution in [2.24, 2.45) is 0 Å². The summed E-state index contributed by atoms with van der Waals surface area (Å²) in [4.78, 5) is 1.08. The fourth-order valence-corrected chi connectivity index (χ4v) is 4.35. The van der Waals surface area contributed by atoms with Gasteiger partial charge in [0.05, 0.1) is 11.6 Å². The van der Waals surface area contributed by atoms with Crippen LogP contribution in [0.3, 0.4) is 0 Å². The highest BCUT2D eigenvalue weighted by molar-refractivity contribution is 7.80. The lowest BCUT2D eigenvalue weighted by Crippen LogP contribution is -2.41. The molecule has 22 heavy (non-hydrogen) atoms. The Morgan fingerprint density at radius 2 is 2.27 bits per heavy atom. The Balaban J connectivity index is 1.84. The lowest BCUT2D eigenvalue weighted by atomic mass is 10.0. The van der Waals surface area contributed by atoms with E-state index >= 15 is 0 Å². The molecular formula is C15H14FN3OS2. The molecule has 7 heteroatoms. The number of hydrogen-bond donors (Lipinski definition) is 1. The molecule has 0 spiro atoms. The van der Waals surface area contributed by atoms with Crippen LogP contribution in [0.5, 0.6) is 0 Å². The van der Waals surface area contributed by atoms with E-state index in [0.717, 1.165) is 29.0 Å². The summed E-state index contributed by atoms with van der Waals surface area (Å²) in [5.74, 6) is -0.508. The summed E-state index contributed by atoms with van der Waals surface area (Å²) >= 11 is 0.402. The topological polar surface area (TPSA) is 56.1 Å². The molecule has 1 aliphatic heterocycles. The summed E-state index contributed by atoms with van der Waals surface area (Å²) in [6.07, 6.45) is 0.879. The van der Waals surface area contributed by atoms with Crippen LogP contribution in [-0.4, -0.2) is 22.1 Å². The smallest absolute Gasteiger partial charge is 0.170 e. The molecule has 1 fully saturated rings. The fourth-order valence-electron chi connectivity index (χ4n) is 2.34. The zero-order valence-electron chi connectivity index (χ0n) is 11.9. The predicted molar refractivity (Wildman–Crippen MR) is 85.7 cm³/mol. The van der Waals surface area contributed by atoms with Crippen LogP contribution in [-0.2, 0) is 11.2 Å². The summed E-state index contributed by atoms with van der Waals surface area (Å²) < 4.78 is 30.4. The van der Waals surface area contributed by atoms with Gasteiger partial charge < -0.3 is 0 Å². The second-order valence-corrected chi connectivity index (χ2v) is 7.40. The molecule has 0 radical (unpaired) electrons. The molecular weight excluding hydrogens is 321 g/mol. The van der Waals surface area contributed by atoms with Gasteiger partial charge in [0.25, 0.3) is 0 Å². The summed E-state index contributed by atoms with van der Waals surface area (Å²) in [5.41, 5.74) is 1.70. The molecule has 114 valence electrons. The Morgan fingerprint density at radius 3 is 2.95 bits per heavy atom. The van der Waals surface area contributed by atoms with E-state index in [2.05, 4.69) is 4.72 Å². The maximum Gasteiger partial charge on any atom is 0.170 e. The highest BCUT2D eigenvalue weighted by Crippen LogP contribution is 2.32. The van der Waals surface area contributed by atoms with Gasteiger partial charge in [-0.05, 0) is 41.1 Å². The van der Waals surface area contributed by atoms with Gasteiger partial charge in [-0.2, -0.15) is 5.26 Å². The maximum atomic E-state index is 13.7. The van der Waals surface area contributed by atoms with Crippen molar-refractivity contribution < 1.29 is 8.60 Å². The first kappa shape index (κ1) is 15.3. The molecule has 2 atom stereocenters. The number of thiophene rings is 1. The van der Waals surface area contributed by atoms with E-state index in [0.29, 0.717) is 0 Å². The van der Waals surface area contributed by atoms with Crippen LogP contribution < -0.4 is 4.72 Å². The van der Waals surface area contributed by atoms with E-state index in [9.17, 15) is 8.60 Å². The van der Waals surface area contributed by atoms with Crippen molar-refractivity contribution in [3.05, 3.63) is 45.9 Å². The molecule has 2 aromatic rings. The minimum atomic E-state index is -1.16. The quantitative estimate of drug-likeness (QED) is 0.917. The van der Waals surface area contributed by atoms with Crippen LogP contribution in [0.2, 0.25) is 0 Å². The number of nitrogens with zero attached hydrogens (tertiary/aromatic N) is 2. The Morgan fingerprint density at radius 1 is 1.45 bits per heavy atom. The number of nitriles is 1. The third kappa shape index (κ3) is 2.96. The van der Waals surface area contributed by atoms with Crippen molar-refractivity contribution >= 4 is 22.5 Å². The Hall–Kier alpha value is -1.59. The second-order valence-electron chi connectivity index (χ2n) is 5.10. The van der Waals surface area contributed by atoms with Gasteiger partial charge in [-0.15, -0.1) is 11.3 Å². The van der Waals surface area contributed by atoms with Crippen LogP contribution in [0.1, 0.15) is 22.9 Å². The number of nitrogens with one attached hydrogen (secondary N) is 1. The third-order valence-corrected chi connectivity index (χ3v) is 5.93. The molecule has 0 saturated carbocycles. The first-order valence-corrected chi connectivity index (χ1v) is 8.75. The monoisotopic (exact) mass is 335 g/mol. The number of halogens is 1. The summed E-state index contributed by atoms with van der Waals surface area (Å²) in [6.45, 7) is 0.767. The number of rotatable bonds is 2. The molecule has 0 amide bonds. The molecule has 1 aromatic carbocycles. The average molecular weight is 335 g/mol. The SMILES string of the molecule is CN1CC[C@@H](c2cc(-c3ccc(C#N)c(F)c3)cs2)NS1=O. The average Bonchev–Trinajstić information content (AvgIpc) is 3.00. The molecule has 3 rings (SSSR count). The standard InChI is InChI=1S/C15H14FN3OS2/c1-19-5-4-14(18-22(19)20)15-7-12(9-21-15)10-2-3-11(8-17)13(16)6-10/h2-3,6-7,9,14,18H,4-5H2,1H3/t14-,22?/m0/s1. The molecule has 0 bridgehead atoms. The lowest BCUT2D eigenvalue weighted by Gasteiger charge is -2.28. The third-order valence-electron chi connectivity index (χ3n) is 3.64. The highest BCUT2D eigenvalue weighted by atomic mass is 32.2. The van der Waals surface area contributed by atoms with Crippen LogP contribution in [0.4, 0.5) is 4.39 Å². The van der Waals surface area contributed by atoms with Crippen LogP contribution >= 0.6 is 11.3 Å². The van der Waals surface area contributed by atoms with Crippen molar-refractivity contribution in [3.63, 3.8) is 0 Å². The molecule has 2 heterocycles. The van der Waals surface area contributed by atoms with Crippen molar-refractivity contribution in [1.29, 1.82) is 5.26 Å². The largest absolute Gasteiger partial charge is 0.225 e. The second kappa shape index (κ2) is 6.26. The van der Waals surface area contributed by atoms with E-state index in [1.54, 1.807) is 21.7 Å². The van der Waals surface area contributed by atoms with Gasteiger partial charge in [0.1, 0.15) is 11.9 Å². The highest BCUT2D eigenvalue weighted by Gasteiger charge is 2.24. The molecule has 1 N–H and O–H groups in total. The maximum absolute atomic E-state index is 13.7. The first-order chi connectivity index (χ1) is 10.6. The van der Waals surface area contributed by atoms with Gasteiger partial charge in [-0.25, -0.2) is 17.6 Å². The van der Waals surface area contributed by atoms with Gasteiger partial charge in [0.2, 0.25) is 0 Å². The van der Waals surface area contributed by atoms with Crippen molar-refractivity contribution in [2.45, 2.75) is 12.5 Å². The summed E-state index contributed by atoms with van der Waals surface area (Å²) in [5, 5.41) is 10.7. The number of benzene rings is 1. The van der Waals surface area contributed by atoms with Gasteiger partial charge in [-0.3, -0.25) is 0 Å². The van der Waals surface area contributed by atoms with Crippen LogP contribution in [0, 0.1) is 17.1 Å². The Kier molecular flexibility index (Phi) is 4.36. The van der Waals surface area contributed by atoms with E-state index in [-0.39, 0.29) is 11.6 Å². The zero-order valence-corrected chi connectivity index (χ0v) is 13.5. The van der Waals surface area contributed by atoms with E-state index in [1.807, 2.05) is 24.6 Å². The van der Waals surface area contributed by atoms with Gasteiger partial charge in [0, 0.05) is 18.5 Å². The zero-order chi connectivity index (χ0) is 15.7. The van der Waals surface area contributed by atoms with E-state index in [4.69, 9.17) is 5.26 Å². The van der Waals surface area contributed by atoms with Crippen LogP contribution in [0.25, 0.3) is 11.1 Å². The van der Waals surface area contributed by atoms with Gasteiger partial charge in [0.15, 0.2) is 11.2 Å². The normalized spacial score (nSPS) is 22.4. The first-order valence-electron chi connectivity index (χ1n) is 6.76. The minimum Gasteiger partial charge on any atom is -0.225 e. The molecule has 1 saturated heterocycles. The minimum absolute atomic E-state index is 0.0478. The molecule has 1 unspecified atom stereocenters. The summed E-state index contributed by atoms with van der Waals surface area (Å²) in [7, 11) is 1.82. The molecule has 1 aromatic heterocycles. The fraction of sp³-hybridized carbons (Fsp3) is 0.267. The van der Waals surface area contributed by atoms with Crippen molar-refractivity contribution in [3.8, 4) is 17.2 Å². The molecule has 4 nitrogen and oxygen atoms in total.